The molecule has 9 aromatic carbocycles. The van der Waals surface area contributed by atoms with Crippen LogP contribution >= 0.6 is 0 Å². The van der Waals surface area contributed by atoms with Crippen molar-refractivity contribution in [1.29, 1.82) is 0 Å². The van der Waals surface area contributed by atoms with Crippen molar-refractivity contribution in [2.45, 2.75) is 46.0 Å². The van der Waals surface area contributed by atoms with Crippen molar-refractivity contribution in [1.82, 2.24) is 0 Å². The van der Waals surface area contributed by atoms with Crippen LogP contribution in [0.2, 0.25) is 0 Å². The Balaban J connectivity index is 1.05. The van der Waals surface area contributed by atoms with Crippen LogP contribution in [-0.2, 0) is 0 Å². The van der Waals surface area contributed by atoms with E-state index in [-0.39, 0.29) is 0 Å². The average molecular weight is 755 g/mol. The van der Waals surface area contributed by atoms with Crippen molar-refractivity contribution in [2.75, 3.05) is 0 Å². The van der Waals surface area contributed by atoms with Gasteiger partial charge in [-0.25, -0.2) is 0 Å². The highest BCUT2D eigenvalue weighted by molar-refractivity contribution is 6.28. The van der Waals surface area contributed by atoms with Gasteiger partial charge in [-0.3, -0.25) is 0 Å². The summed E-state index contributed by atoms with van der Waals surface area (Å²) in [5, 5.41) is 10.6. The molecule has 0 aromatic heterocycles. The number of allylic oxidation sites excluding steroid dienone is 5. The van der Waals surface area contributed by atoms with Crippen LogP contribution in [0.1, 0.15) is 65.5 Å². The second-order valence-electron chi connectivity index (χ2n) is 16.9. The summed E-state index contributed by atoms with van der Waals surface area (Å²) in [7, 11) is 0. The fourth-order valence-electron chi connectivity index (χ4n) is 10.4. The molecule has 9 aromatic rings. The molecule has 0 bridgehead atoms. The maximum absolute atomic E-state index is 2.47. The third-order valence-corrected chi connectivity index (χ3v) is 13.0. The van der Waals surface area contributed by atoms with Gasteiger partial charge < -0.3 is 0 Å². The van der Waals surface area contributed by atoms with Crippen molar-refractivity contribution >= 4 is 60.3 Å². The number of benzene rings is 9. The molecule has 0 spiro atoms. The lowest BCUT2D eigenvalue weighted by atomic mass is 9.76. The Kier molecular flexibility index (Phi) is 8.56. The lowest BCUT2D eigenvalue weighted by molar-refractivity contribution is 0.780. The quantitative estimate of drug-likeness (QED) is 0.154. The van der Waals surface area contributed by atoms with E-state index in [4.69, 9.17) is 0 Å². The van der Waals surface area contributed by atoms with Gasteiger partial charge in [0, 0.05) is 0 Å². The third kappa shape index (κ3) is 5.97. The molecule has 0 fully saturated rings. The SMILES string of the molecule is Cc1cc(C2=CCCC(c3cc(C)cc(-c4cccc5c6ccccc6c6ccccc6c45)c3)=C2)cc(-c2c(-c3ccccc3)c3c(c4ccccc24)C(C)CC=C3)c1. The van der Waals surface area contributed by atoms with Gasteiger partial charge in [0.25, 0.3) is 0 Å². The highest BCUT2D eigenvalue weighted by atomic mass is 14.3. The van der Waals surface area contributed by atoms with Crippen molar-refractivity contribution < 1.29 is 0 Å². The van der Waals surface area contributed by atoms with E-state index in [9.17, 15) is 0 Å². The summed E-state index contributed by atoms with van der Waals surface area (Å²) in [6.07, 6.45) is 12.8. The first-order valence-corrected chi connectivity index (χ1v) is 21.3. The zero-order chi connectivity index (χ0) is 39.6. The minimum absolute atomic E-state index is 0.461. The first-order chi connectivity index (χ1) is 29.0. The summed E-state index contributed by atoms with van der Waals surface area (Å²) in [6, 6.07) is 59.3. The standard InChI is InChI=1S/C59H46/c1-37-30-43(35-45(32-37)47-27-15-28-52-50-22-8-7-21-48(50)49-23-9-10-24-51(49)59(47)52)41-19-14-20-42(34-41)44-31-38(2)33-46(36-44)58-54-26-12-11-25-53(54)56-39(3)16-13-29-55(56)57(58)40-17-5-4-6-18-40/h4-13,15,17-18,20-36,39H,14,16,19H2,1-3H3. The molecule has 0 heteroatoms. The van der Waals surface area contributed by atoms with Crippen molar-refractivity contribution in [3.05, 3.63) is 209 Å². The molecule has 1 unspecified atom stereocenters. The van der Waals surface area contributed by atoms with E-state index < -0.39 is 0 Å². The second-order valence-corrected chi connectivity index (χ2v) is 16.9. The lowest BCUT2D eigenvalue weighted by Gasteiger charge is -2.27. The fraction of sp³-hybridized carbons (Fsp3) is 0.119. The summed E-state index contributed by atoms with van der Waals surface area (Å²) in [5.74, 6) is 0.461. The minimum Gasteiger partial charge on any atom is -0.0833 e. The van der Waals surface area contributed by atoms with Gasteiger partial charge in [-0.1, -0.05) is 177 Å². The molecule has 1 atom stereocenters. The van der Waals surface area contributed by atoms with Gasteiger partial charge in [0.05, 0.1) is 0 Å². The van der Waals surface area contributed by atoms with Gasteiger partial charge in [-0.2, -0.15) is 0 Å². The Labute approximate surface area is 347 Å². The summed E-state index contributed by atoms with van der Waals surface area (Å²) < 4.78 is 0. The van der Waals surface area contributed by atoms with Crippen LogP contribution in [0.15, 0.2) is 176 Å². The molecule has 59 heavy (non-hydrogen) atoms. The number of aryl methyl sites for hydroxylation is 2. The normalized spacial score (nSPS) is 15.1. The van der Waals surface area contributed by atoms with Crippen molar-refractivity contribution in [3.8, 4) is 33.4 Å². The van der Waals surface area contributed by atoms with Gasteiger partial charge in [0.2, 0.25) is 0 Å². The van der Waals surface area contributed by atoms with Crippen LogP contribution in [0.3, 0.4) is 0 Å². The van der Waals surface area contributed by atoms with Gasteiger partial charge in [-0.15, -0.1) is 0 Å². The zero-order valence-corrected chi connectivity index (χ0v) is 34.0. The van der Waals surface area contributed by atoms with Crippen LogP contribution in [0, 0.1) is 13.8 Å². The van der Waals surface area contributed by atoms with Crippen LogP contribution in [0.4, 0.5) is 0 Å². The van der Waals surface area contributed by atoms with E-state index in [1.165, 1.54) is 121 Å². The molecule has 0 N–H and O–H groups in total. The maximum atomic E-state index is 2.47. The Morgan fingerprint density at radius 1 is 0.475 bits per heavy atom. The van der Waals surface area contributed by atoms with E-state index >= 15 is 0 Å². The summed E-state index contributed by atoms with van der Waals surface area (Å²) >= 11 is 0. The summed E-state index contributed by atoms with van der Waals surface area (Å²) in [4.78, 5) is 0. The Morgan fingerprint density at radius 3 is 1.80 bits per heavy atom. The summed E-state index contributed by atoms with van der Waals surface area (Å²) in [6.45, 7) is 6.90. The van der Waals surface area contributed by atoms with Gasteiger partial charge in [0.15, 0.2) is 0 Å². The first kappa shape index (κ1) is 35.4. The highest BCUT2D eigenvalue weighted by Gasteiger charge is 2.25. The topological polar surface area (TPSA) is 0 Å². The third-order valence-electron chi connectivity index (χ3n) is 13.0. The average Bonchev–Trinajstić information content (AvgIpc) is 3.28. The molecule has 2 aliphatic carbocycles. The molecule has 0 amide bonds. The van der Waals surface area contributed by atoms with Crippen LogP contribution in [0.25, 0.3) is 93.7 Å². The maximum Gasteiger partial charge on any atom is -0.00203 e. The van der Waals surface area contributed by atoms with Crippen molar-refractivity contribution in [2.24, 2.45) is 0 Å². The van der Waals surface area contributed by atoms with E-state index in [2.05, 4.69) is 203 Å². The van der Waals surface area contributed by atoms with Crippen LogP contribution in [0.5, 0.6) is 0 Å². The molecule has 0 radical (unpaired) electrons. The fourth-order valence-corrected chi connectivity index (χ4v) is 10.4. The molecule has 0 heterocycles. The van der Waals surface area contributed by atoms with E-state index in [1.807, 2.05) is 0 Å². The predicted molar refractivity (Wildman–Crippen MR) is 256 cm³/mol. The molecule has 0 aliphatic heterocycles. The van der Waals surface area contributed by atoms with Gasteiger partial charge >= 0.3 is 0 Å². The highest BCUT2D eigenvalue weighted by Crippen LogP contribution is 2.49. The molecular formula is C59H46. The Hall–Kier alpha value is -6.76. The van der Waals surface area contributed by atoms with E-state index in [1.54, 1.807) is 0 Å². The van der Waals surface area contributed by atoms with Crippen LogP contribution in [-0.4, -0.2) is 0 Å². The first-order valence-electron chi connectivity index (χ1n) is 21.3. The number of fused-ring (bicyclic) bond motifs is 9. The van der Waals surface area contributed by atoms with E-state index in [0.717, 1.165) is 19.3 Å². The Morgan fingerprint density at radius 2 is 1.05 bits per heavy atom. The number of rotatable bonds is 5. The van der Waals surface area contributed by atoms with Gasteiger partial charge in [-0.05, 0) is 172 Å². The minimum atomic E-state index is 0.461. The largest absolute Gasteiger partial charge is 0.0833 e. The molecule has 11 rings (SSSR count). The number of hydrogen-bond donors (Lipinski definition) is 0. The molecule has 0 nitrogen and oxygen atoms in total. The molecule has 0 saturated carbocycles. The molecular weight excluding hydrogens is 709 g/mol. The Bertz CT molecular complexity index is 3210. The lowest BCUT2D eigenvalue weighted by Crippen LogP contribution is -2.05. The van der Waals surface area contributed by atoms with E-state index in [0.29, 0.717) is 5.92 Å². The molecule has 0 saturated heterocycles. The monoisotopic (exact) mass is 754 g/mol. The molecule has 2 aliphatic rings. The zero-order valence-electron chi connectivity index (χ0n) is 34.0. The van der Waals surface area contributed by atoms with Crippen molar-refractivity contribution in [3.63, 3.8) is 0 Å². The number of hydrogen-bond acceptors (Lipinski definition) is 0. The predicted octanol–water partition coefficient (Wildman–Crippen LogP) is 16.7. The van der Waals surface area contributed by atoms with Crippen LogP contribution < -0.4 is 0 Å². The van der Waals surface area contributed by atoms with Gasteiger partial charge in [0.1, 0.15) is 0 Å². The smallest absolute Gasteiger partial charge is 0.00203 e. The summed E-state index contributed by atoms with van der Waals surface area (Å²) in [5.41, 5.74) is 18.5. The second kappa shape index (κ2) is 14.3. The molecule has 282 valence electrons.